The van der Waals surface area contributed by atoms with Gasteiger partial charge >= 0.3 is 0 Å². The highest BCUT2D eigenvalue weighted by atomic mass is 79.9. The summed E-state index contributed by atoms with van der Waals surface area (Å²) in [5, 5.41) is 0. The summed E-state index contributed by atoms with van der Waals surface area (Å²) < 4.78 is 0. The summed E-state index contributed by atoms with van der Waals surface area (Å²) >= 11 is 3.29. The van der Waals surface area contributed by atoms with E-state index in [1.807, 2.05) is 0 Å². The maximum absolute atomic E-state index is 3.29. The molecule has 0 fully saturated rings. The Kier molecular flexibility index (Phi) is 7.07. The summed E-state index contributed by atoms with van der Waals surface area (Å²) in [7, 11) is 0. The molecule has 0 aliphatic heterocycles. The predicted molar refractivity (Wildman–Crippen MR) is 48.2 cm³/mol. The summed E-state index contributed by atoms with van der Waals surface area (Å²) in [6, 6.07) is 0. The maximum Gasteiger partial charge on any atom is 0.205 e. The number of rotatable bonds is 5. The van der Waals surface area contributed by atoms with Crippen molar-refractivity contribution in [2.24, 2.45) is 5.92 Å². The minimum absolute atomic E-state index is 0.875. The minimum Gasteiger partial charge on any atom is -0.166 e. The molecule has 0 N–H and O–H groups in total. The van der Waals surface area contributed by atoms with Crippen molar-refractivity contribution in [1.29, 1.82) is 0 Å². The first-order valence-electron chi connectivity index (χ1n) is 3.69. The molecule has 0 bridgehead atoms. The third-order valence-electron chi connectivity index (χ3n) is 1.34. The van der Waals surface area contributed by atoms with Crippen molar-refractivity contribution in [2.75, 3.05) is 0 Å². The standard InChI is InChI=1S/C7H15BBr/c1-7(2)5-3-4-6-8-9/h7H,3-6H2,1-2H3. The van der Waals surface area contributed by atoms with E-state index in [1.165, 1.54) is 25.6 Å². The third-order valence-corrected chi connectivity index (χ3v) is 1.80. The summed E-state index contributed by atoms with van der Waals surface area (Å²) in [6.45, 7) is 4.55. The fourth-order valence-electron chi connectivity index (χ4n) is 0.774. The third kappa shape index (κ3) is 8.54. The maximum atomic E-state index is 3.29. The first-order valence-corrected chi connectivity index (χ1v) is 4.61. The Morgan fingerprint density at radius 1 is 1.33 bits per heavy atom. The Morgan fingerprint density at radius 3 is 2.44 bits per heavy atom. The summed E-state index contributed by atoms with van der Waals surface area (Å²) in [6.07, 6.45) is 7.37. The summed E-state index contributed by atoms with van der Waals surface area (Å²) in [4.78, 5) is 0. The highest BCUT2D eigenvalue weighted by Gasteiger charge is 1.92. The zero-order chi connectivity index (χ0) is 7.11. The van der Waals surface area contributed by atoms with Crippen LogP contribution in [0.2, 0.25) is 6.32 Å². The largest absolute Gasteiger partial charge is 0.205 e. The van der Waals surface area contributed by atoms with Gasteiger partial charge in [-0.25, -0.2) is 0 Å². The Morgan fingerprint density at radius 2 is 2.00 bits per heavy atom. The van der Waals surface area contributed by atoms with E-state index in [-0.39, 0.29) is 0 Å². The van der Waals surface area contributed by atoms with E-state index in [0.717, 1.165) is 5.92 Å². The summed E-state index contributed by atoms with van der Waals surface area (Å²) in [5.74, 6) is 0.875. The molecule has 0 amide bonds. The molecule has 0 aromatic carbocycles. The Bertz CT molecular complexity index is 54.9. The van der Waals surface area contributed by atoms with Crippen molar-refractivity contribution in [3.8, 4) is 0 Å². The monoisotopic (exact) mass is 189 g/mol. The molecule has 53 valence electrons. The van der Waals surface area contributed by atoms with Gasteiger partial charge in [-0.15, -0.1) is 0 Å². The Labute approximate surface area is 67.6 Å². The predicted octanol–water partition coefficient (Wildman–Crippen LogP) is 3.25. The van der Waals surface area contributed by atoms with E-state index in [9.17, 15) is 0 Å². The molecule has 0 atom stereocenters. The molecule has 0 aliphatic rings. The van der Waals surface area contributed by atoms with Gasteiger partial charge in [-0.3, -0.25) is 0 Å². The van der Waals surface area contributed by atoms with Crippen LogP contribution in [0.5, 0.6) is 0 Å². The Balaban J connectivity index is 2.75. The second-order valence-corrected chi connectivity index (χ2v) is 3.48. The van der Waals surface area contributed by atoms with E-state index in [0.29, 0.717) is 0 Å². The van der Waals surface area contributed by atoms with E-state index in [1.54, 1.807) is 0 Å². The van der Waals surface area contributed by atoms with E-state index >= 15 is 0 Å². The highest BCUT2D eigenvalue weighted by molar-refractivity contribution is 9.23. The van der Waals surface area contributed by atoms with Crippen molar-refractivity contribution in [1.82, 2.24) is 0 Å². The van der Waals surface area contributed by atoms with E-state index < -0.39 is 0 Å². The van der Waals surface area contributed by atoms with Crippen LogP contribution in [-0.4, -0.2) is 6.10 Å². The zero-order valence-corrected chi connectivity index (χ0v) is 7.95. The summed E-state index contributed by atoms with van der Waals surface area (Å²) in [5.41, 5.74) is 0. The average molecular weight is 190 g/mol. The van der Waals surface area contributed by atoms with Crippen molar-refractivity contribution in [2.45, 2.75) is 39.4 Å². The van der Waals surface area contributed by atoms with Gasteiger partial charge in [0.05, 0.1) is 0 Å². The molecule has 0 aliphatic carbocycles. The lowest BCUT2D eigenvalue weighted by Gasteiger charge is -2.01. The molecule has 0 spiro atoms. The fraction of sp³-hybridized carbons (Fsp3) is 1.00. The minimum atomic E-state index is 0.875. The van der Waals surface area contributed by atoms with Crippen LogP contribution in [0, 0.1) is 5.92 Å². The number of unbranched alkanes of at least 4 members (excludes halogenated alkanes) is 1. The van der Waals surface area contributed by atoms with Crippen LogP contribution in [0.3, 0.4) is 0 Å². The van der Waals surface area contributed by atoms with Gasteiger partial charge in [0.2, 0.25) is 6.10 Å². The second-order valence-electron chi connectivity index (χ2n) is 2.83. The van der Waals surface area contributed by atoms with E-state index in [4.69, 9.17) is 0 Å². The van der Waals surface area contributed by atoms with Gasteiger partial charge in [-0.05, 0) is 5.92 Å². The van der Waals surface area contributed by atoms with Gasteiger partial charge in [0, 0.05) is 0 Å². The van der Waals surface area contributed by atoms with Crippen LogP contribution in [0.4, 0.5) is 0 Å². The second kappa shape index (κ2) is 6.66. The lowest BCUT2D eigenvalue weighted by Crippen LogP contribution is -1.87. The lowest BCUT2D eigenvalue weighted by atomic mass is 9.96. The first kappa shape index (κ1) is 9.54. The lowest BCUT2D eigenvalue weighted by molar-refractivity contribution is 0.550. The van der Waals surface area contributed by atoms with Crippen molar-refractivity contribution >= 4 is 21.9 Å². The molecular formula is C7H15BBr. The normalized spacial score (nSPS) is 10.2. The van der Waals surface area contributed by atoms with E-state index in [2.05, 4.69) is 35.7 Å². The van der Waals surface area contributed by atoms with Crippen LogP contribution in [0.15, 0.2) is 0 Å². The van der Waals surface area contributed by atoms with Crippen molar-refractivity contribution in [3.05, 3.63) is 0 Å². The Hall–Kier alpha value is 0.545. The van der Waals surface area contributed by atoms with Gasteiger partial charge in [0.1, 0.15) is 0 Å². The number of hydrogen-bond acceptors (Lipinski definition) is 0. The topological polar surface area (TPSA) is 0 Å². The van der Waals surface area contributed by atoms with Gasteiger partial charge in [0.25, 0.3) is 0 Å². The van der Waals surface area contributed by atoms with Gasteiger partial charge < -0.3 is 0 Å². The van der Waals surface area contributed by atoms with Gasteiger partial charge in [-0.2, -0.15) is 15.8 Å². The first-order chi connectivity index (χ1) is 4.27. The highest BCUT2D eigenvalue weighted by Crippen LogP contribution is 2.08. The van der Waals surface area contributed by atoms with Crippen molar-refractivity contribution < 1.29 is 0 Å². The molecule has 0 saturated heterocycles. The van der Waals surface area contributed by atoms with Crippen molar-refractivity contribution in [3.63, 3.8) is 0 Å². The molecule has 0 aromatic heterocycles. The zero-order valence-electron chi connectivity index (χ0n) is 6.36. The molecule has 0 unspecified atom stereocenters. The van der Waals surface area contributed by atoms with Gasteiger partial charge in [-0.1, -0.05) is 39.4 Å². The molecule has 0 saturated carbocycles. The van der Waals surface area contributed by atoms with Crippen LogP contribution < -0.4 is 0 Å². The van der Waals surface area contributed by atoms with Crippen LogP contribution in [-0.2, 0) is 0 Å². The SMILES string of the molecule is CC(C)CCCC[B]Br. The molecule has 2 heteroatoms. The molecule has 1 radical (unpaired) electrons. The smallest absolute Gasteiger partial charge is 0.166 e. The molecule has 0 nitrogen and oxygen atoms in total. The quantitative estimate of drug-likeness (QED) is 0.461. The molecular weight excluding hydrogens is 175 g/mol. The number of hydrogen-bond donors (Lipinski definition) is 0. The van der Waals surface area contributed by atoms with Crippen LogP contribution in [0.1, 0.15) is 33.1 Å². The molecule has 0 aromatic rings. The molecule has 0 heterocycles. The molecule has 0 rings (SSSR count). The average Bonchev–Trinajstić information content (AvgIpc) is 1.80. The fourth-order valence-corrected chi connectivity index (χ4v) is 1.10. The van der Waals surface area contributed by atoms with Crippen LogP contribution in [0.25, 0.3) is 0 Å². The van der Waals surface area contributed by atoms with Gasteiger partial charge in [0.15, 0.2) is 0 Å². The molecule has 9 heavy (non-hydrogen) atoms. The number of halogens is 1. The van der Waals surface area contributed by atoms with Crippen LogP contribution >= 0.6 is 15.8 Å².